The van der Waals surface area contributed by atoms with E-state index in [9.17, 15) is 4.79 Å². The lowest BCUT2D eigenvalue weighted by atomic mass is 9.95. The number of piperazine rings is 1. The molecule has 128 valence electrons. The summed E-state index contributed by atoms with van der Waals surface area (Å²) in [5.41, 5.74) is 0.736. The largest absolute Gasteiger partial charge is 0.355 e. The second-order valence-corrected chi connectivity index (χ2v) is 6.73. The number of nitrogens with zero attached hydrogens (tertiary/aromatic N) is 1. The highest BCUT2D eigenvalue weighted by atomic mass is 35.5. The van der Waals surface area contributed by atoms with E-state index in [1.165, 1.54) is 0 Å². The molecule has 1 amide bonds. The lowest BCUT2D eigenvalue weighted by Gasteiger charge is -2.27. The van der Waals surface area contributed by atoms with Crippen molar-refractivity contribution in [3.05, 3.63) is 34.9 Å². The van der Waals surface area contributed by atoms with Gasteiger partial charge in [-0.2, -0.15) is 0 Å². The summed E-state index contributed by atoms with van der Waals surface area (Å²) in [6, 6.07) is 7.72. The average molecular weight is 358 g/mol. The van der Waals surface area contributed by atoms with E-state index in [2.05, 4.69) is 15.5 Å². The zero-order valence-electron chi connectivity index (χ0n) is 13.3. The van der Waals surface area contributed by atoms with Gasteiger partial charge in [0.25, 0.3) is 0 Å². The third-order valence-electron chi connectivity index (χ3n) is 4.71. The van der Waals surface area contributed by atoms with Crippen LogP contribution in [0, 0.1) is 0 Å². The normalized spacial score (nSPS) is 19.7. The topological polar surface area (TPSA) is 44.4 Å². The van der Waals surface area contributed by atoms with Crippen LogP contribution < -0.4 is 10.6 Å². The van der Waals surface area contributed by atoms with Crippen LogP contribution in [0.4, 0.5) is 0 Å². The molecule has 0 aromatic heterocycles. The van der Waals surface area contributed by atoms with Crippen molar-refractivity contribution in [3.63, 3.8) is 0 Å². The number of benzene rings is 1. The van der Waals surface area contributed by atoms with E-state index < -0.39 is 0 Å². The van der Waals surface area contributed by atoms with E-state index in [4.69, 9.17) is 11.6 Å². The summed E-state index contributed by atoms with van der Waals surface area (Å²) < 4.78 is 0. The van der Waals surface area contributed by atoms with Gasteiger partial charge in [-0.1, -0.05) is 23.7 Å². The van der Waals surface area contributed by atoms with Gasteiger partial charge < -0.3 is 15.5 Å². The molecule has 1 aliphatic carbocycles. The van der Waals surface area contributed by atoms with Crippen molar-refractivity contribution in [2.75, 3.05) is 39.3 Å². The Morgan fingerprint density at radius 1 is 1.30 bits per heavy atom. The molecule has 2 N–H and O–H groups in total. The number of nitrogens with one attached hydrogen (secondary N) is 2. The molecule has 0 unspecified atom stereocenters. The highest BCUT2D eigenvalue weighted by Gasteiger charge is 2.51. The molecule has 0 radical (unpaired) electrons. The SMILES string of the molecule is Cl.O=C(NCCCN1CCNCC1)C1(c2cccc(Cl)c2)CC1. The minimum atomic E-state index is -0.319. The number of hydrogen-bond acceptors (Lipinski definition) is 3. The molecule has 2 aliphatic rings. The van der Waals surface area contributed by atoms with Gasteiger partial charge in [0, 0.05) is 37.7 Å². The molecule has 1 saturated carbocycles. The van der Waals surface area contributed by atoms with Crippen LogP contribution in [0.3, 0.4) is 0 Å². The molecule has 0 bridgehead atoms. The minimum absolute atomic E-state index is 0. The van der Waals surface area contributed by atoms with Crippen LogP contribution in [0.5, 0.6) is 0 Å². The predicted octanol–water partition coefficient (Wildman–Crippen LogP) is 2.20. The Kier molecular flexibility index (Phi) is 6.72. The van der Waals surface area contributed by atoms with E-state index in [0.717, 1.165) is 64.1 Å². The molecule has 3 rings (SSSR count). The monoisotopic (exact) mass is 357 g/mol. The zero-order chi connectivity index (χ0) is 15.4. The maximum absolute atomic E-state index is 12.5. The highest BCUT2D eigenvalue weighted by molar-refractivity contribution is 6.30. The summed E-state index contributed by atoms with van der Waals surface area (Å²) in [6.45, 7) is 6.19. The van der Waals surface area contributed by atoms with Gasteiger partial charge in [0.2, 0.25) is 5.91 Å². The first-order valence-electron chi connectivity index (χ1n) is 8.18. The Labute approximate surface area is 149 Å². The van der Waals surface area contributed by atoms with Crippen molar-refractivity contribution in [1.82, 2.24) is 15.5 Å². The molecule has 1 aromatic rings. The summed E-state index contributed by atoms with van der Waals surface area (Å²) in [6.07, 6.45) is 2.87. The molecule has 23 heavy (non-hydrogen) atoms. The molecule has 2 fully saturated rings. The van der Waals surface area contributed by atoms with E-state index in [-0.39, 0.29) is 23.7 Å². The standard InChI is InChI=1S/C17H24ClN3O.ClH/c18-15-4-1-3-14(13-15)17(5-6-17)16(22)20-7-2-10-21-11-8-19-9-12-21;/h1,3-4,13,19H,2,5-12H2,(H,20,22);1H. The lowest BCUT2D eigenvalue weighted by molar-refractivity contribution is -0.123. The van der Waals surface area contributed by atoms with Gasteiger partial charge >= 0.3 is 0 Å². The van der Waals surface area contributed by atoms with Crippen LogP contribution in [0.2, 0.25) is 5.02 Å². The van der Waals surface area contributed by atoms with E-state index in [0.29, 0.717) is 5.02 Å². The number of hydrogen-bond donors (Lipinski definition) is 2. The number of halogens is 2. The van der Waals surface area contributed by atoms with Gasteiger partial charge in [0.1, 0.15) is 0 Å². The van der Waals surface area contributed by atoms with E-state index >= 15 is 0 Å². The Morgan fingerprint density at radius 3 is 2.70 bits per heavy atom. The Balaban J connectivity index is 0.00000192. The van der Waals surface area contributed by atoms with E-state index in [1.54, 1.807) is 0 Å². The minimum Gasteiger partial charge on any atom is -0.355 e. The molecule has 0 atom stereocenters. The molecule has 6 heteroatoms. The maximum Gasteiger partial charge on any atom is 0.230 e. The van der Waals surface area contributed by atoms with Crippen molar-refractivity contribution < 1.29 is 4.79 Å². The molecule has 4 nitrogen and oxygen atoms in total. The second-order valence-electron chi connectivity index (χ2n) is 6.29. The average Bonchev–Trinajstić information content (AvgIpc) is 3.34. The van der Waals surface area contributed by atoms with Crippen molar-refractivity contribution in [2.24, 2.45) is 0 Å². The third kappa shape index (κ3) is 4.60. The van der Waals surface area contributed by atoms with Crippen LogP contribution in [0.1, 0.15) is 24.8 Å². The fraction of sp³-hybridized carbons (Fsp3) is 0.588. The highest BCUT2D eigenvalue weighted by Crippen LogP contribution is 2.48. The molecule has 1 heterocycles. The van der Waals surface area contributed by atoms with Crippen LogP contribution in [0.25, 0.3) is 0 Å². The van der Waals surface area contributed by atoms with Crippen molar-refractivity contribution in [3.8, 4) is 0 Å². The van der Waals surface area contributed by atoms with Crippen LogP contribution in [-0.4, -0.2) is 50.1 Å². The predicted molar refractivity (Wildman–Crippen MR) is 96.5 cm³/mol. The number of carbonyl (C=O) groups excluding carboxylic acids is 1. The summed E-state index contributed by atoms with van der Waals surface area (Å²) in [5, 5.41) is 7.17. The Bertz CT molecular complexity index is 528. The van der Waals surface area contributed by atoms with Crippen molar-refractivity contribution >= 4 is 29.9 Å². The van der Waals surface area contributed by atoms with Crippen molar-refractivity contribution in [2.45, 2.75) is 24.7 Å². The van der Waals surface area contributed by atoms with Crippen LogP contribution in [0.15, 0.2) is 24.3 Å². The zero-order valence-corrected chi connectivity index (χ0v) is 14.9. The lowest BCUT2D eigenvalue weighted by Crippen LogP contribution is -2.44. The first kappa shape index (κ1) is 18.5. The maximum atomic E-state index is 12.5. The fourth-order valence-corrected chi connectivity index (χ4v) is 3.36. The first-order chi connectivity index (χ1) is 10.7. The van der Waals surface area contributed by atoms with Gasteiger partial charge in [-0.15, -0.1) is 12.4 Å². The summed E-state index contributed by atoms with van der Waals surface area (Å²) >= 11 is 6.05. The first-order valence-corrected chi connectivity index (χ1v) is 8.56. The fourth-order valence-electron chi connectivity index (χ4n) is 3.17. The van der Waals surface area contributed by atoms with Gasteiger partial charge in [0.05, 0.1) is 5.41 Å². The third-order valence-corrected chi connectivity index (χ3v) is 4.94. The summed E-state index contributed by atoms with van der Waals surface area (Å²) in [4.78, 5) is 15.0. The second kappa shape index (κ2) is 8.34. The molecular formula is C17H25Cl2N3O. The smallest absolute Gasteiger partial charge is 0.230 e. The Morgan fingerprint density at radius 2 is 2.04 bits per heavy atom. The van der Waals surface area contributed by atoms with Crippen molar-refractivity contribution in [1.29, 1.82) is 0 Å². The number of amides is 1. The summed E-state index contributed by atoms with van der Waals surface area (Å²) in [7, 11) is 0. The van der Waals surface area contributed by atoms with Crippen LogP contribution >= 0.6 is 24.0 Å². The number of carbonyl (C=O) groups is 1. The number of rotatable bonds is 6. The molecule has 1 aliphatic heterocycles. The van der Waals surface area contributed by atoms with Gasteiger partial charge in [-0.3, -0.25) is 4.79 Å². The molecule has 1 saturated heterocycles. The van der Waals surface area contributed by atoms with Gasteiger partial charge in [-0.25, -0.2) is 0 Å². The molecule has 0 spiro atoms. The molecular weight excluding hydrogens is 333 g/mol. The summed E-state index contributed by atoms with van der Waals surface area (Å²) in [5.74, 6) is 0.162. The van der Waals surface area contributed by atoms with Gasteiger partial charge in [-0.05, 0) is 43.5 Å². The van der Waals surface area contributed by atoms with Crippen LogP contribution in [-0.2, 0) is 10.2 Å². The van der Waals surface area contributed by atoms with E-state index in [1.807, 2.05) is 24.3 Å². The molecule has 1 aromatic carbocycles. The van der Waals surface area contributed by atoms with Gasteiger partial charge in [0.15, 0.2) is 0 Å². The Hall–Kier alpha value is -0.810. The quantitative estimate of drug-likeness (QED) is 0.767.